The van der Waals surface area contributed by atoms with Crippen LogP contribution in [0.5, 0.6) is 0 Å². The summed E-state index contributed by atoms with van der Waals surface area (Å²) in [7, 11) is 2.11. The molecule has 2 nitrogen and oxygen atoms in total. The van der Waals surface area contributed by atoms with E-state index in [4.69, 9.17) is 0 Å². The van der Waals surface area contributed by atoms with Crippen LogP contribution in [0, 0.1) is 5.92 Å². The maximum atomic E-state index is 3.44. The monoisotopic (exact) mass is 238 g/mol. The first kappa shape index (κ1) is 13.4. The Balaban J connectivity index is 1.80. The fraction of sp³-hybridized carbons (Fsp3) is 1.00. The van der Waals surface area contributed by atoms with Gasteiger partial charge in [-0.05, 0) is 64.5 Å². The fourth-order valence-corrected chi connectivity index (χ4v) is 3.17. The summed E-state index contributed by atoms with van der Waals surface area (Å²) in [5.41, 5.74) is 0. The zero-order valence-corrected chi connectivity index (χ0v) is 11.9. The smallest absolute Gasteiger partial charge is 0.00993 e. The second-order valence-corrected chi connectivity index (χ2v) is 6.45. The molecule has 0 radical (unpaired) electrons. The molecule has 0 bridgehead atoms. The number of nitrogens with one attached hydrogen (secondary N) is 1. The van der Waals surface area contributed by atoms with E-state index in [-0.39, 0.29) is 0 Å². The van der Waals surface area contributed by atoms with Crippen LogP contribution in [-0.2, 0) is 0 Å². The van der Waals surface area contributed by atoms with Crippen LogP contribution in [0.2, 0.25) is 0 Å². The van der Waals surface area contributed by atoms with Crippen molar-refractivity contribution in [2.24, 2.45) is 5.92 Å². The van der Waals surface area contributed by atoms with Gasteiger partial charge in [-0.1, -0.05) is 13.8 Å². The van der Waals surface area contributed by atoms with Crippen molar-refractivity contribution in [3.05, 3.63) is 0 Å². The zero-order valence-electron chi connectivity index (χ0n) is 11.9. The molecule has 2 aliphatic carbocycles. The van der Waals surface area contributed by atoms with E-state index >= 15 is 0 Å². The van der Waals surface area contributed by atoms with Crippen molar-refractivity contribution in [1.82, 2.24) is 10.2 Å². The Morgan fingerprint density at radius 2 is 1.53 bits per heavy atom. The minimum absolute atomic E-state index is 0.789. The molecule has 2 fully saturated rings. The van der Waals surface area contributed by atoms with E-state index in [0.29, 0.717) is 0 Å². The van der Waals surface area contributed by atoms with E-state index in [2.05, 4.69) is 31.1 Å². The van der Waals surface area contributed by atoms with Crippen molar-refractivity contribution < 1.29 is 0 Å². The van der Waals surface area contributed by atoms with Crippen molar-refractivity contribution in [2.45, 2.75) is 76.9 Å². The van der Waals surface area contributed by atoms with Crippen LogP contribution < -0.4 is 5.32 Å². The Morgan fingerprint density at radius 3 is 1.94 bits per heavy atom. The van der Waals surface area contributed by atoms with E-state index in [0.717, 1.165) is 24.0 Å². The average Bonchev–Trinajstić information content (AvgIpc) is 3.14. The first-order chi connectivity index (χ1) is 8.20. The lowest BCUT2D eigenvalue weighted by atomic mass is 9.90. The van der Waals surface area contributed by atoms with Gasteiger partial charge in [-0.2, -0.15) is 0 Å². The highest BCUT2D eigenvalue weighted by Gasteiger charge is 2.35. The largest absolute Gasteiger partial charge is 0.317 e. The van der Waals surface area contributed by atoms with Gasteiger partial charge in [0.25, 0.3) is 0 Å². The molecular weight excluding hydrogens is 208 g/mol. The lowest BCUT2D eigenvalue weighted by Crippen LogP contribution is -2.43. The fourth-order valence-electron chi connectivity index (χ4n) is 3.17. The second kappa shape index (κ2) is 6.19. The van der Waals surface area contributed by atoms with Crippen LogP contribution in [0.15, 0.2) is 0 Å². The Hall–Kier alpha value is -0.0800. The quantitative estimate of drug-likeness (QED) is 0.765. The summed E-state index contributed by atoms with van der Waals surface area (Å²) in [6.07, 6.45) is 9.90. The molecule has 2 aliphatic rings. The van der Waals surface area contributed by atoms with Gasteiger partial charge in [-0.15, -0.1) is 0 Å². The molecule has 0 unspecified atom stereocenters. The van der Waals surface area contributed by atoms with Gasteiger partial charge >= 0.3 is 0 Å². The predicted octanol–water partition coefficient (Wildman–Crippen LogP) is 3.03. The predicted molar refractivity (Wildman–Crippen MR) is 74.3 cm³/mol. The molecule has 0 saturated heterocycles. The molecule has 2 heteroatoms. The Labute approximate surface area is 107 Å². The maximum absolute atomic E-state index is 3.44. The molecule has 0 aromatic heterocycles. The van der Waals surface area contributed by atoms with Crippen LogP contribution in [-0.4, -0.2) is 36.6 Å². The molecule has 0 aromatic carbocycles. The number of hydrogen-bond acceptors (Lipinski definition) is 2. The SMILES string of the molecule is CNC1CCC(N(CCC(C)C)C2CC2)CC1. The van der Waals surface area contributed by atoms with E-state index in [9.17, 15) is 0 Å². The third-order valence-electron chi connectivity index (χ3n) is 4.55. The third kappa shape index (κ3) is 3.96. The van der Waals surface area contributed by atoms with E-state index in [1.165, 1.54) is 51.5 Å². The molecule has 2 rings (SSSR count). The highest BCUT2D eigenvalue weighted by Crippen LogP contribution is 2.34. The van der Waals surface area contributed by atoms with E-state index in [1.54, 1.807) is 0 Å². The number of nitrogens with zero attached hydrogens (tertiary/aromatic N) is 1. The second-order valence-electron chi connectivity index (χ2n) is 6.45. The summed E-state index contributed by atoms with van der Waals surface area (Å²) >= 11 is 0. The number of rotatable bonds is 6. The normalized spacial score (nSPS) is 30.2. The van der Waals surface area contributed by atoms with Crippen molar-refractivity contribution >= 4 is 0 Å². The van der Waals surface area contributed by atoms with Crippen LogP contribution in [0.3, 0.4) is 0 Å². The average molecular weight is 238 g/mol. The maximum Gasteiger partial charge on any atom is 0.00993 e. The standard InChI is InChI=1S/C15H30N2/c1-12(2)10-11-17(15-8-9-15)14-6-4-13(16-3)5-7-14/h12-16H,4-11H2,1-3H3. The number of hydrogen-bond donors (Lipinski definition) is 1. The molecule has 0 atom stereocenters. The molecule has 1 N–H and O–H groups in total. The van der Waals surface area contributed by atoms with Crippen molar-refractivity contribution in [3.63, 3.8) is 0 Å². The Bertz CT molecular complexity index is 215. The lowest BCUT2D eigenvalue weighted by molar-refractivity contribution is 0.130. The summed E-state index contributed by atoms with van der Waals surface area (Å²) < 4.78 is 0. The summed E-state index contributed by atoms with van der Waals surface area (Å²) in [5.74, 6) is 0.852. The summed E-state index contributed by atoms with van der Waals surface area (Å²) in [6, 6.07) is 2.63. The molecule has 0 amide bonds. The van der Waals surface area contributed by atoms with Crippen LogP contribution in [0.4, 0.5) is 0 Å². The molecule has 0 heterocycles. The van der Waals surface area contributed by atoms with E-state index < -0.39 is 0 Å². The van der Waals surface area contributed by atoms with Gasteiger partial charge in [0, 0.05) is 18.1 Å². The zero-order chi connectivity index (χ0) is 12.3. The van der Waals surface area contributed by atoms with Gasteiger partial charge in [0.2, 0.25) is 0 Å². The van der Waals surface area contributed by atoms with Crippen molar-refractivity contribution in [1.29, 1.82) is 0 Å². The van der Waals surface area contributed by atoms with Crippen LogP contribution in [0.25, 0.3) is 0 Å². The molecule has 0 aliphatic heterocycles. The van der Waals surface area contributed by atoms with E-state index in [1.807, 2.05) is 0 Å². The van der Waals surface area contributed by atoms with Crippen molar-refractivity contribution in [3.8, 4) is 0 Å². The highest BCUT2D eigenvalue weighted by atomic mass is 15.2. The lowest BCUT2D eigenvalue weighted by Gasteiger charge is -2.37. The summed E-state index contributed by atoms with van der Waals surface area (Å²) in [4.78, 5) is 2.85. The van der Waals surface area contributed by atoms with Gasteiger partial charge in [0.1, 0.15) is 0 Å². The minimum Gasteiger partial charge on any atom is -0.317 e. The topological polar surface area (TPSA) is 15.3 Å². The minimum atomic E-state index is 0.789. The first-order valence-electron chi connectivity index (χ1n) is 7.63. The van der Waals surface area contributed by atoms with Crippen molar-refractivity contribution in [2.75, 3.05) is 13.6 Å². The Morgan fingerprint density at radius 1 is 1.00 bits per heavy atom. The Kier molecular flexibility index (Phi) is 4.87. The van der Waals surface area contributed by atoms with Crippen LogP contribution in [0.1, 0.15) is 58.8 Å². The summed E-state index contributed by atoms with van der Waals surface area (Å²) in [5, 5.41) is 3.44. The molecule has 100 valence electrons. The highest BCUT2D eigenvalue weighted by molar-refractivity contribution is 4.91. The molecule has 17 heavy (non-hydrogen) atoms. The van der Waals surface area contributed by atoms with Gasteiger partial charge in [-0.3, -0.25) is 4.90 Å². The van der Waals surface area contributed by atoms with Gasteiger partial charge in [0.05, 0.1) is 0 Å². The van der Waals surface area contributed by atoms with Gasteiger partial charge in [0.15, 0.2) is 0 Å². The first-order valence-corrected chi connectivity index (χ1v) is 7.63. The summed E-state index contributed by atoms with van der Waals surface area (Å²) in [6.45, 7) is 6.04. The molecular formula is C15H30N2. The van der Waals surface area contributed by atoms with Gasteiger partial charge in [-0.25, -0.2) is 0 Å². The van der Waals surface area contributed by atoms with Crippen LogP contribution >= 0.6 is 0 Å². The molecule has 2 saturated carbocycles. The van der Waals surface area contributed by atoms with Gasteiger partial charge < -0.3 is 5.32 Å². The molecule has 0 aromatic rings. The third-order valence-corrected chi connectivity index (χ3v) is 4.55. The molecule has 0 spiro atoms.